The number of aliphatic hydroxyl groups excluding tert-OH is 1. The molecule has 1 aliphatic heterocycles. The minimum absolute atomic E-state index is 0.107. The number of esters is 1. The van der Waals surface area contributed by atoms with Crippen LogP contribution >= 0.6 is 0 Å². The summed E-state index contributed by atoms with van der Waals surface area (Å²) in [4.78, 5) is 63.7. The minimum Gasteiger partial charge on any atom is -0.453 e. The summed E-state index contributed by atoms with van der Waals surface area (Å²) in [6.07, 6.45) is 8.05. The van der Waals surface area contributed by atoms with Gasteiger partial charge in [-0.3, -0.25) is 19.2 Å². The number of hydrogen-bond acceptors (Lipinski definition) is 8. The minimum atomic E-state index is -1.47. The number of hydrogen-bond donors (Lipinski definition) is 1. The van der Waals surface area contributed by atoms with Gasteiger partial charge >= 0.3 is 12.1 Å². The average molecular weight is 524 g/mol. The van der Waals surface area contributed by atoms with Crippen molar-refractivity contribution in [2.75, 3.05) is 6.61 Å². The third-order valence-corrected chi connectivity index (χ3v) is 6.59. The highest BCUT2D eigenvalue weighted by Gasteiger charge is 2.53. The van der Waals surface area contributed by atoms with E-state index in [1.165, 1.54) is 6.92 Å². The van der Waals surface area contributed by atoms with E-state index in [0.717, 1.165) is 68.9 Å². The van der Waals surface area contributed by atoms with Crippen molar-refractivity contribution < 1.29 is 38.6 Å². The van der Waals surface area contributed by atoms with Crippen LogP contribution in [0.3, 0.4) is 0 Å². The van der Waals surface area contributed by atoms with Crippen LogP contribution in [0, 0.1) is 11.8 Å². The van der Waals surface area contributed by atoms with Crippen molar-refractivity contribution in [1.29, 1.82) is 0 Å². The van der Waals surface area contributed by atoms with E-state index in [-0.39, 0.29) is 18.3 Å². The van der Waals surface area contributed by atoms with Gasteiger partial charge in [0.1, 0.15) is 5.60 Å². The van der Waals surface area contributed by atoms with Crippen molar-refractivity contribution in [3.05, 3.63) is 12.2 Å². The Labute approximate surface area is 220 Å². The molecule has 0 aromatic rings. The first kappa shape index (κ1) is 32.5. The molecule has 1 saturated heterocycles. The monoisotopic (exact) mass is 523 g/mol. The fourth-order valence-electron chi connectivity index (χ4n) is 4.85. The summed E-state index contributed by atoms with van der Waals surface area (Å²) in [5, 5.41) is 8.77. The van der Waals surface area contributed by atoms with Gasteiger partial charge in [0.05, 0.1) is 12.0 Å². The molecule has 1 heterocycles. The van der Waals surface area contributed by atoms with Gasteiger partial charge < -0.3 is 14.6 Å². The summed E-state index contributed by atoms with van der Waals surface area (Å²) >= 11 is 0. The zero-order valence-electron chi connectivity index (χ0n) is 23.3. The predicted octanol–water partition coefficient (Wildman–Crippen LogP) is 4.53. The molecule has 0 saturated carbocycles. The van der Waals surface area contributed by atoms with E-state index in [2.05, 4.69) is 0 Å². The van der Waals surface area contributed by atoms with E-state index in [4.69, 9.17) is 14.6 Å². The normalized spacial score (nSPS) is 18.6. The first-order valence-electron chi connectivity index (χ1n) is 13.4. The molecule has 1 N–H and O–H groups in total. The number of amides is 2. The SMILES string of the molecule is CC(=O)OC(C(=O)C=CC(=O)CCCCCCCCCCO)C(C)C(=O)N1C(=O)OC(C)(C)C1C(C)C. The van der Waals surface area contributed by atoms with Crippen molar-refractivity contribution >= 4 is 29.5 Å². The highest BCUT2D eigenvalue weighted by atomic mass is 16.6. The average Bonchev–Trinajstić information content (AvgIpc) is 3.06. The Hall–Kier alpha value is -2.55. The largest absolute Gasteiger partial charge is 0.453 e. The Bertz CT molecular complexity index is 832. The summed E-state index contributed by atoms with van der Waals surface area (Å²) in [5.41, 5.74) is -0.909. The molecule has 1 fully saturated rings. The summed E-state index contributed by atoms with van der Waals surface area (Å²) in [5.74, 6) is -3.61. The van der Waals surface area contributed by atoms with Crippen LogP contribution in [-0.2, 0) is 28.7 Å². The molecule has 3 atom stereocenters. The molecule has 3 unspecified atom stereocenters. The van der Waals surface area contributed by atoms with E-state index in [0.29, 0.717) is 12.8 Å². The van der Waals surface area contributed by atoms with Crippen LogP contribution < -0.4 is 0 Å². The summed E-state index contributed by atoms with van der Waals surface area (Å²) in [6, 6.07) is -0.555. The number of nitrogens with zero attached hydrogens (tertiary/aromatic N) is 1. The number of carbonyl (C=O) groups excluding carboxylic acids is 5. The number of unbranched alkanes of at least 4 members (excludes halogenated alkanes) is 7. The van der Waals surface area contributed by atoms with Gasteiger partial charge in [0.2, 0.25) is 5.91 Å². The topological polar surface area (TPSA) is 127 Å². The lowest BCUT2D eigenvalue weighted by Gasteiger charge is -2.33. The highest BCUT2D eigenvalue weighted by molar-refractivity contribution is 6.04. The van der Waals surface area contributed by atoms with Crippen LogP contribution in [0.1, 0.15) is 99.3 Å². The van der Waals surface area contributed by atoms with Gasteiger partial charge in [-0.2, -0.15) is 0 Å². The van der Waals surface area contributed by atoms with Crippen molar-refractivity contribution in [1.82, 2.24) is 4.90 Å². The lowest BCUT2D eigenvalue weighted by molar-refractivity contribution is -0.158. The molecule has 210 valence electrons. The molecule has 9 heteroatoms. The lowest BCUT2D eigenvalue weighted by Crippen LogP contribution is -2.52. The van der Waals surface area contributed by atoms with Gasteiger partial charge in [0.25, 0.3) is 0 Å². The fraction of sp³-hybridized carbons (Fsp3) is 0.750. The molecule has 0 aromatic carbocycles. The molecular formula is C28H45NO8. The molecular weight excluding hydrogens is 478 g/mol. The maximum atomic E-state index is 13.3. The van der Waals surface area contributed by atoms with Crippen molar-refractivity contribution in [2.45, 2.75) is 117 Å². The Kier molecular flexibility index (Phi) is 13.7. The van der Waals surface area contributed by atoms with Crippen LogP contribution in [0.15, 0.2) is 12.2 Å². The number of cyclic esters (lactones) is 1. The molecule has 0 aromatic heterocycles. The van der Waals surface area contributed by atoms with Gasteiger partial charge in [-0.1, -0.05) is 52.4 Å². The number of allylic oxidation sites excluding steroid dienone is 1. The smallest absolute Gasteiger partial charge is 0.417 e. The second kappa shape index (κ2) is 15.6. The standard InChI is InChI=1S/C28H45NO8/c1-19(2)25-28(5,6)37-27(35)29(25)26(34)20(3)24(36-21(4)31)23(33)17-16-22(32)15-13-11-9-7-8-10-12-14-18-30/h16-17,19-20,24-25,30H,7-15,18H2,1-6H3. The number of ketones is 2. The van der Waals surface area contributed by atoms with E-state index < -0.39 is 47.4 Å². The number of rotatable bonds is 17. The molecule has 1 rings (SSSR count). The maximum Gasteiger partial charge on any atom is 0.417 e. The van der Waals surface area contributed by atoms with Gasteiger partial charge in [0, 0.05) is 20.0 Å². The zero-order chi connectivity index (χ0) is 28.2. The van der Waals surface area contributed by atoms with Gasteiger partial charge in [-0.15, -0.1) is 0 Å². The van der Waals surface area contributed by atoms with Gasteiger partial charge in [-0.05, 0) is 51.7 Å². The van der Waals surface area contributed by atoms with Crippen LogP contribution in [0.5, 0.6) is 0 Å². The number of aliphatic hydroxyl groups is 1. The number of imide groups is 1. The summed E-state index contributed by atoms with van der Waals surface area (Å²) in [7, 11) is 0. The van der Waals surface area contributed by atoms with E-state index in [9.17, 15) is 24.0 Å². The zero-order valence-corrected chi connectivity index (χ0v) is 23.3. The Morgan fingerprint density at radius 2 is 1.51 bits per heavy atom. The van der Waals surface area contributed by atoms with E-state index in [1.807, 2.05) is 13.8 Å². The second-order valence-corrected chi connectivity index (χ2v) is 10.7. The Balaban J connectivity index is 2.72. The third-order valence-electron chi connectivity index (χ3n) is 6.59. The molecule has 1 aliphatic rings. The Morgan fingerprint density at radius 3 is 2.03 bits per heavy atom. The fourth-order valence-corrected chi connectivity index (χ4v) is 4.85. The van der Waals surface area contributed by atoms with Gasteiger partial charge in [0.15, 0.2) is 17.7 Å². The van der Waals surface area contributed by atoms with Gasteiger partial charge in [-0.25, -0.2) is 9.69 Å². The van der Waals surface area contributed by atoms with E-state index >= 15 is 0 Å². The van der Waals surface area contributed by atoms with Crippen molar-refractivity contribution in [2.24, 2.45) is 11.8 Å². The molecule has 0 spiro atoms. The Morgan fingerprint density at radius 1 is 0.973 bits per heavy atom. The second-order valence-electron chi connectivity index (χ2n) is 10.7. The summed E-state index contributed by atoms with van der Waals surface area (Å²) < 4.78 is 10.6. The number of ether oxygens (including phenoxy) is 2. The molecule has 9 nitrogen and oxygen atoms in total. The van der Waals surface area contributed by atoms with Crippen LogP contribution in [0.4, 0.5) is 4.79 Å². The highest BCUT2D eigenvalue weighted by Crippen LogP contribution is 2.35. The molecule has 0 radical (unpaired) electrons. The lowest BCUT2D eigenvalue weighted by atomic mass is 9.87. The third kappa shape index (κ3) is 10.4. The quantitative estimate of drug-likeness (QED) is 0.167. The molecule has 0 aliphatic carbocycles. The first-order chi connectivity index (χ1) is 17.3. The maximum absolute atomic E-state index is 13.3. The first-order valence-corrected chi connectivity index (χ1v) is 13.4. The van der Waals surface area contributed by atoms with Crippen molar-refractivity contribution in [3.63, 3.8) is 0 Å². The molecule has 37 heavy (non-hydrogen) atoms. The number of carbonyl (C=O) groups is 5. The van der Waals surface area contributed by atoms with E-state index in [1.54, 1.807) is 13.8 Å². The van der Waals surface area contributed by atoms with Crippen LogP contribution in [0.25, 0.3) is 0 Å². The van der Waals surface area contributed by atoms with Crippen LogP contribution in [0.2, 0.25) is 0 Å². The van der Waals surface area contributed by atoms with Crippen molar-refractivity contribution in [3.8, 4) is 0 Å². The summed E-state index contributed by atoms with van der Waals surface area (Å²) in [6.45, 7) is 9.94. The molecule has 0 bridgehead atoms. The van der Waals surface area contributed by atoms with Crippen LogP contribution in [-0.4, -0.2) is 63.9 Å². The molecule has 2 amide bonds. The predicted molar refractivity (Wildman–Crippen MR) is 139 cm³/mol.